The summed E-state index contributed by atoms with van der Waals surface area (Å²) in [6.07, 6.45) is 0.651. The first-order valence-corrected chi connectivity index (χ1v) is 7.82. The summed E-state index contributed by atoms with van der Waals surface area (Å²) >= 11 is 16.6. The largest absolute Gasteiger partial charge is 0.329 e. The number of hydrogen-bond acceptors (Lipinski definition) is 4. The molecule has 0 radical (unpaired) electrons. The van der Waals surface area contributed by atoms with Gasteiger partial charge in [-0.15, -0.1) is 5.10 Å². The number of aromatic nitrogens is 3. The van der Waals surface area contributed by atoms with Crippen molar-refractivity contribution >= 4 is 52.6 Å². The smallest absolute Gasteiger partial charge is 0.278 e. The fourth-order valence-corrected chi connectivity index (χ4v) is 2.46. The highest BCUT2D eigenvalue weighted by Gasteiger charge is 2.33. The third kappa shape index (κ3) is 3.44. The molecule has 1 aromatic carbocycles. The molecular formula is C14H12Cl3N5O. The lowest BCUT2D eigenvalue weighted by Crippen LogP contribution is -2.27. The van der Waals surface area contributed by atoms with E-state index in [4.69, 9.17) is 34.8 Å². The van der Waals surface area contributed by atoms with Crippen molar-refractivity contribution in [2.24, 2.45) is 0 Å². The van der Waals surface area contributed by atoms with E-state index < -0.39 is 9.70 Å². The number of hydrogen-bond donors (Lipinski definition) is 2. The van der Waals surface area contributed by atoms with Gasteiger partial charge in [-0.25, -0.2) is 4.68 Å². The SMILES string of the molecule is C=C1C[C@H](c2ccccc2)n2nc(NC(=O)C(Cl)(Cl)Cl)nc2N1. The van der Waals surface area contributed by atoms with Gasteiger partial charge in [0.15, 0.2) is 0 Å². The van der Waals surface area contributed by atoms with Crippen LogP contribution in [0.1, 0.15) is 18.0 Å². The Morgan fingerprint density at radius 3 is 2.70 bits per heavy atom. The molecule has 6 nitrogen and oxygen atoms in total. The average molecular weight is 373 g/mol. The molecule has 1 atom stereocenters. The summed E-state index contributed by atoms with van der Waals surface area (Å²) in [5.74, 6) is -0.297. The Balaban J connectivity index is 1.93. The third-order valence-corrected chi connectivity index (χ3v) is 3.84. The van der Waals surface area contributed by atoms with Gasteiger partial charge in [-0.1, -0.05) is 71.7 Å². The summed E-state index contributed by atoms with van der Waals surface area (Å²) < 4.78 is -0.403. The molecule has 23 heavy (non-hydrogen) atoms. The van der Waals surface area contributed by atoms with Gasteiger partial charge in [0.05, 0.1) is 6.04 Å². The molecular weight excluding hydrogens is 361 g/mol. The number of halogens is 3. The molecule has 1 aliphatic rings. The van der Waals surface area contributed by atoms with Crippen LogP contribution in [-0.4, -0.2) is 24.5 Å². The van der Waals surface area contributed by atoms with E-state index in [1.807, 2.05) is 30.3 Å². The molecule has 2 N–H and O–H groups in total. The lowest BCUT2D eigenvalue weighted by molar-refractivity contribution is -0.115. The number of nitrogens with zero attached hydrogens (tertiary/aromatic N) is 3. The van der Waals surface area contributed by atoms with E-state index in [2.05, 4.69) is 27.3 Å². The van der Waals surface area contributed by atoms with Crippen LogP contribution < -0.4 is 10.6 Å². The van der Waals surface area contributed by atoms with E-state index in [0.29, 0.717) is 12.4 Å². The van der Waals surface area contributed by atoms with E-state index in [0.717, 1.165) is 11.3 Å². The minimum atomic E-state index is -2.08. The van der Waals surface area contributed by atoms with Crippen LogP contribution in [0.2, 0.25) is 0 Å². The molecule has 0 aliphatic carbocycles. The van der Waals surface area contributed by atoms with Gasteiger partial charge < -0.3 is 5.32 Å². The standard InChI is InChI=1S/C14H12Cl3N5O/c1-8-7-10(9-5-3-2-4-6-9)22-13(18-8)20-12(21-22)19-11(23)14(15,16)17/h2-6,10H,1,7H2,(H2,18,19,20,21,23)/t10-/m1/s1. The van der Waals surface area contributed by atoms with Crippen LogP contribution in [0, 0.1) is 0 Å². The monoisotopic (exact) mass is 371 g/mol. The van der Waals surface area contributed by atoms with Crippen LogP contribution in [0.5, 0.6) is 0 Å². The van der Waals surface area contributed by atoms with Crippen molar-refractivity contribution in [3.63, 3.8) is 0 Å². The molecule has 3 rings (SSSR count). The molecule has 0 unspecified atom stereocenters. The number of benzene rings is 1. The maximum atomic E-state index is 11.7. The number of alkyl halides is 3. The van der Waals surface area contributed by atoms with Crippen LogP contribution in [0.25, 0.3) is 0 Å². The van der Waals surface area contributed by atoms with Crippen molar-refractivity contribution in [2.45, 2.75) is 16.3 Å². The Kier molecular flexibility index (Phi) is 4.23. The van der Waals surface area contributed by atoms with Gasteiger partial charge in [-0.05, 0) is 5.56 Å². The quantitative estimate of drug-likeness (QED) is 0.791. The number of allylic oxidation sites excluding steroid dienone is 1. The molecule has 2 aromatic rings. The zero-order chi connectivity index (χ0) is 16.6. The molecule has 0 fully saturated rings. The lowest BCUT2D eigenvalue weighted by Gasteiger charge is -2.26. The Morgan fingerprint density at radius 2 is 2.04 bits per heavy atom. The number of carbonyl (C=O) groups is 1. The zero-order valence-electron chi connectivity index (χ0n) is 11.8. The first-order chi connectivity index (χ1) is 10.8. The number of nitrogens with one attached hydrogen (secondary N) is 2. The van der Waals surface area contributed by atoms with E-state index in [1.165, 1.54) is 0 Å². The Morgan fingerprint density at radius 1 is 1.35 bits per heavy atom. The molecule has 0 saturated carbocycles. The minimum Gasteiger partial charge on any atom is -0.329 e. The fraction of sp³-hybridized carbons (Fsp3) is 0.214. The van der Waals surface area contributed by atoms with Crippen molar-refractivity contribution in [3.8, 4) is 0 Å². The van der Waals surface area contributed by atoms with Gasteiger partial charge in [-0.3, -0.25) is 10.1 Å². The highest BCUT2D eigenvalue weighted by molar-refractivity contribution is 6.76. The van der Waals surface area contributed by atoms with E-state index in [-0.39, 0.29) is 12.0 Å². The maximum absolute atomic E-state index is 11.7. The number of fused-ring (bicyclic) bond motifs is 1. The van der Waals surface area contributed by atoms with Gasteiger partial charge in [0.1, 0.15) is 0 Å². The second-order valence-electron chi connectivity index (χ2n) is 5.01. The van der Waals surface area contributed by atoms with E-state index >= 15 is 0 Å². The van der Waals surface area contributed by atoms with Crippen LogP contribution in [-0.2, 0) is 4.79 Å². The van der Waals surface area contributed by atoms with Crippen molar-refractivity contribution in [3.05, 3.63) is 48.2 Å². The second-order valence-corrected chi connectivity index (χ2v) is 7.30. The van der Waals surface area contributed by atoms with Crippen LogP contribution in [0.4, 0.5) is 11.9 Å². The van der Waals surface area contributed by atoms with Crippen molar-refractivity contribution < 1.29 is 4.79 Å². The minimum absolute atomic E-state index is 0.0551. The van der Waals surface area contributed by atoms with Crippen molar-refractivity contribution in [1.82, 2.24) is 14.8 Å². The first-order valence-electron chi connectivity index (χ1n) is 6.69. The molecule has 1 aliphatic heterocycles. The summed E-state index contributed by atoms with van der Waals surface area (Å²) in [4.78, 5) is 15.9. The predicted octanol–water partition coefficient (Wildman–Crippen LogP) is 3.51. The Bertz CT molecular complexity index is 754. The van der Waals surface area contributed by atoms with Gasteiger partial charge in [-0.2, -0.15) is 4.98 Å². The molecule has 9 heteroatoms. The molecule has 0 saturated heterocycles. The highest BCUT2D eigenvalue weighted by Crippen LogP contribution is 2.33. The highest BCUT2D eigenvalue weighted by atomic mass is 35.6. The van der Waals surface area contributed by atoms with Crippen molar-refractivity contribution in [1.29, 1.82) is 0 Å². The summed E-state index contributed by atoms with van der Waals surface area (Å²) in [5, 5.41) is 9.71. The van der Waals surface area contributed by atoms with Gasteiger partial charge in [0.25, 0.3) is 15.6 Å². The number of anilines is 2. The average Bonchev–Trinajstić information content (AvgIpc) is 2.88. The van der Waals surface area contributed by atoms with E-state index in [1.54, 1.807) is 4.68 Å². The summed E-state index contributed by atoms with van der Waals surface area (Å²) in [6.45, 7) is 3.96. The van der Waals surface area contributed by atoms with Crippen LogP contribution in [0.15, 0.2) is 42.6 Å². The predicted molar refractivity (Wildman–Crippen MR) is 90.9 cm³/mol. The van der Waals surface area contributed by atoms with E-state index in [9.17, 15) is 4.79 Å². The van der Waals surface area contributed by atoms with Gasteiger partial charge in [0, 0.05) is 12.1 Å². The first kappa shape index (κ1) is 16.1. The number of carbonyl (C=O) groups excluding carboxylic acids is 1. The Hall–Kier alpha value is -1.76. The molecule has 1 amide bonds. The van der Waals surface area contributed by atoms with Crippen LogP contribution >= 0.6 is 34.8 Å². The lowest BCUT2D eigenvalue weighted by atomic mass is 10.0. The topological polar surface area (TPSA) is 71.8 Å². The molecule has 0 bridgehead atoms. The summed E-state index contributed by atoms with van der Waals surface area (Å²) in [5.41, 5.74) is 1.86. The third-order valence-electron chi connectivity index (χ3n) is 3.32. The Labute approximate surface area is 147 Å². The fourth-order valence-electron chi connectivity index (χ4n) is 2.31. The normalized spacial score (nSPS) is 17.3. The number of amides is 1. The second kappa shape index (κ2) is 6.03. The molecule has 1 aromatic heterocycles. The molecule has 2 heterocycles. The number of rotatable bonds is 2. The maximum Gasteiger partial charge on any atom is 0.278 e. The zero-order valence-corrected chi connectivity index (χ0v) is 14.0. The van der Waals surface area contributed by atoms with Gasteiger partial charge >= 0.3 is 0 Å². The van der Waals surface area contributed by atoms with Crippen LogP contribution in [0.3, 0.4) is 0 Å². The summed E-state index contributed by atoms with van der Waals surface area (Å²) in [6, 6.07) is 9.74. The van der Waals surface area contributed by atoms with Crippen molar-refractivity contribution in [2.75, 3.05) is 10.6 Å². The molecule has 0 spiro atoms. The summed E-state index contributed by atoms with van der Waals surface area (Å²) in [7, 11) is 0. The molecule has 120 valence electrons. The van der Waals surface area contributed by atoms with Gasteiger partial charge in [0.2, 0.25) is 5.95 Å².